The van der Waals surface area contributed by atoms with Gasteiger partial charge in [-0.2, -0.15) is 5.26 Å². The van der Waals surface area contributed by atoms with E-state index in [4.69, 9.17) is 7.16 Å². The number of fused-ring (bicyclic) bond motifs is 3. The maximum Gasteiger partial charge on any atom is 0.144 e. The average molecular weight is 895 g/mol. The molecule has 0 radical (unpaired) electrons. The van der Waals surface area contributed by atoms with Gasteiger partial charge in [0.1, 0.15) is 11.2 Å². The Balaban J connectivity index is 1.23. The van der Waals surface area contributed by atoms with Crippen molar-refractivity contribution in [3.8, 4) is 39.8 Å². The van der Waals surface area contributed by atoms with Gasteiger partial charge in [-0.05, 0) is 149 Å². The lowest BCUT2D eigenvalue weighted by molar-refractivity contribution is 0.409. The number of benzene rings is 5. The standard InChI is InChI=1S/C62H60N4O/c1-61(2,3)36-51-34-57(47-14-9-7-10-15-47)65-40-49(51)26-22-44-30-43(31-45(32-44)23-27-50-41-66-58(48-16-11-8-12-17-48)35-52(50)37-62(4,5)6)21-20-42-24-28-56(64-39-42)54-19-13-18-53-55-33-46(38-63)25-29-59(55)67-60(53)54/h7-19,24-25,28-35,39-41H,20-23,26-27,36-37H2,1-6H3/i20D2,21D2,22D2,23D2,25D,26D2,27D2,33D,36D2,37D2. The van der Waals surface area contributed by atoms with Crippen LogP contribution in [0.5, 0.6) is 0 Å². The van der Waals surface area contributed by atoms with Gasteiger partial charge in [0, 0.05) is 68.0 Å². The zero-order valence-electron chi connectivity index (χ0n) is 56.1. The number of furan rings is 1. The average Bonchev–Trinajstić information content (AvgIpc) is 3.62. The quantitative estimate of drug-likeness (QED) is 0.109. The molecule has 0 N–H and O–H groups in total. The lowest BCUT2D eigenvalue weighted by atomic mass is 9.84. The SMILES string of the molecule is [2H]c1cc2oc3c(-c4ccc(C([2H])([2H])C([2H])([2H])c5cc(C([2H])([2H])C([2H])([2H])c6cnc(-c7ccccc7)cc6C([2H])([2H])C(C)(C)C)cc(C([2H])([2H])C([2H])([2H])c6cnc(-c7ccccc7)cc6C([2H])([2H])C(C)(C)C)c5)cn4)cccc3c2c([2H])c1C#N. The Morgan fingerprint density at radius 3 is 1.55 bits per heavy atom. The first-order valence-electron chi connectivity index (χ1n) is 30.9. The van der Waals surface area contributed by atoms with E-state index in [2.05, 4.69) is 15.0 Å². The Kier molecular flexibility index (Phi) is 8.12. The molecule has 0 aliphatic carbocycles. The number of rotatable bonds is 14. The van der Waals surface area contributed by atoms with Crippen LogP contribution in [0.15, 0.2) is 162 Å². The van der Waals surface area contributed by atoms with E-state index >= 15 is 0 Å². The van der Waals surface area contributed by atoms with Crippen molar-refractivity contribution in [1.29, 1.82) is 5.26 Å². The van der Waals surface area contributed by atoms with E-state index in [1.807, 2.05) is 6.07 Å². The number of hydrogen-bond acceptors (Lipinski definition) is 5. The van der Waals surface area contributed by atoms with Gasteiger partial charge in [0.25, 0.3) is 0 Å². The Morgan fingerprint density at radius 2 is 1.04 bits per heavy atom. The summed E-state index contributed by atoms with van der Waals surface area (Å²) in [7, 11) is 0. The first-order valence-corrected chi connectivity index (χ1v) is 21.9. The zero-order chi connectivity index (χ0) is 62.6. The van der Waals surface area contributed by atoms with Crippen LogP contribution in [0.4, 0.5) is 0 Å². The molecule has 0 saturated carbocycles. The third-order valence-corrected chi connectivity index (χ3v) is 10.4. The molecule has 0 aliphatic heterocycles. The van der Waals surface area contributed by atoms with E-state index in [0.29, 0.717) is 22.1 Å². The summed E-state index contributed by atoms with van der Waals surface area (Å²) in [5.74, 6) is 0. The molecule has 0 aliphatic rings. The molecule has 0 spiro atoms. The van der Waals surface area contributed by atoms with Crippen LogP contribution in [0, 0.1) is 22.2 Å². The summed E-state index contributed by atoms with van der Waals surface area (Å²) in [5.41, 5.74) is -4.38. The van der Waals surface area contributed by atoms with Crippen molar-refractivity contribution in [3.63, 3.8) is 0 Å². The molecule has 4 aromatic heterocycles. The van der Waals surface area contributed by atoms with E-state index < -0.39 is 89.6 Å². The Bertz CT molecular complexity index is 3930. The van der Waals surface area contributed by atoms with Crippen LogP contribution >= 0.6 is 0 Å². The molecule has 9 rings (SSSR count). The molecule has 334 valence electrons. The lowest BCUT2D eigenvalue weighted by Gasteiger charge is -2.21. The van der Waals surface area contributed by atoms with E-state index in [1.54, 1.807) is 120 Å². The van der Waals surface area contributed by atoms with Crippen LogP contribution in [-0.4, -0.2) is 15.0 Å². The van der Waals surface area contributed by atoms with Crippen molar-refractivity contribution in [3.05, 3.63) is 208 Å². The van der Waals surface area contributed by atoms with Crippen molar-refractivity contribution in [2.24, 2.45) is 10.8 Å². The van der Waals surface area contributed by atoms with Crippen LogP contribution < -0.4 is 0 Å². The minimum Gasteiger partial charge on any atom is -0.455 e. The Labute approximate surface area is 421 Å². The maximum atomic E-state index is 9.85. The Hall–Kier alpha value is -7.16. The molecule has 5 nitrogen and oxygen atoms in total. The number of aromatic nitrogens is 3. The minimum atomic E-state index is -3.42. The number of nitriles is 1. The highest BCUT2D eigenvalue weighted by atomic mass is 16.3. The maximum absolute atomic E-state index is 9.85. The van der Waals surface area contributed by atoms with Crippen LogP contribution in [0.25, 0.3) is 55.7 Å². The largest absolute Gasteiger partial charge is 0.455 e. The van der Waals surface area contributed by atoms with E-state index in [0.717, 1.165) is 36.8 Å². The summed E-state index contributed by atoms with van der Waals surface area (Å²) >= 11 is 0. The Morgan fingerprint density at radius 1 is 0.522 bits per heavy atom. The van der Waals surface area contributed by atoms with E-state index in [9.17, 15) is 27.2 Å². The fourth-order valence-corrected chi connectivity index (χ4v) is 7.48. The van der Waals surface area contributed by atoms with Gasteiger partial charge in [-0.1, -0.05) is 139 Å². The first-order chi connectivity index (χ1) is 39.3. The molecule has 4 heterocycles. The predicted molar refractivity (Wildman–Crippen MR) is 276 cm³/mol. The number of nitrogens with zero attached hydrogens (tertiary/aromatic N) is 4. The molecule has 67 heavy (non-hydrogen) atoms. The van der Waals surface area contributed by atoms with Crippen molar-refractivity contribution >= 4 is 21.9 Å². The molecule has 0 unspecified atom stereocenters. The number of pyridine rings is 3. The van der Waals surface area contributed by atoms with Crippen LogP contribution in [0.3, 0.4) is 0 Å². The number of hydrogen-bond donors (Lipinski definition) is 0. The summed E-state index contributed by atoms with van der Waals surface area (Å²) in [5, 5.41) is 10.4. The van der Waals surface area contributed by atoms with Gasteiger partial charge in [0.2, 0.25) is 0 Å². The zero-order valence-corrected chi connectivity index (χ0v) is 38.1. The van der Waals surface area contributed by atoms with Crippen LogP contribution in [0.2, 0.25) is 0 Å². The second kappa shape index (κ2) is 19.4. The van der Waals surface area contributed by atoms with Crippen molar-refractivity contribution in [2.75, 3.05) is 0 Å². The molecule has 9 aromatic rings. The molecule has 0 atom stereocenters. The highest BCUT2D eigenvalue weighted by molar-refractivity contribution is 6.09. The first kappa shape index (κ1) is 28.1. The van der Waals surface area contributed by atoms with Crippen molar-refractivity contribution < 1.29 is 29.1 Å². The van der Waals surface area contributed by atoms with Crippen molar-refractivity contribution in [1.82, 2.24) is 15.0 Å². The van der Waals surface area contributed by atoms with Crippen LogP contribution in [0.1, 0.15) is 116 Å². The fraction of sp³-hybridized carbons (Fsp3) is 0.258. The van der Waals surface area contributed by atoms with Gasteiger partial charge < -0.3 is 4.42 Å². The second-order valence-corrected chi connectivity index (χ2v) is 18.1. The summed E-state index contributed by atoms with van der Waals surface area (Å²) in [6, 6.07) is 33.0. The molecular formula is C62H60N4O. The second-order valence-electron chi connectivity index (χ2n) is 18.1. The molecular weight excluding hydrogens is 817 g/mol. The molecule has 5 aromatic carbocycles. The monoisotopic (exact) mass is 895 g/mol. The van der Waals surface area contributed by atoms with E-state index in [1.165, 1.54) is 30.3 Å². The number of para-hydroxylation sites is 1. The van der Waals surface area contributed by atoms with Gasteiger partial charge in [-0.3, -0.25) is 15.0 Å². The molecule has 0 bridgehead atoms. The molecule has 0 amide bonds. The van der Waals surface area contributed by atoms with E-state index in [-0.39, 0.29) is 68.0 Å². The van der Waals surface area contributed by atoms with Gasteiger partial charge >= 0.3 is 0 Å². The lowest BCUT2D eigenvalue weighted by Crippen LogP contribution is -2.12. The predicted octanol–water partition coefficient (Wildman–Crippen LogP) is 15.2. The topological polar surface area (TPSA) is 75.6 Å². The summed E-state index contributed by atoms with van der Waals surface area (Å²) in [6.45, 7) is 9.55. The van der Waals surface area contributed by atoms with Gasteiger partial charge in [0.15, 0.2) is 0 Å². The van der Waals surface area contributed by atoms with Gasteiger partial charge in [-0.15, -0.1) is 0 Å². The summed E-state index contributed by atoms with van der Waals surface area (Å²) in [4.78, 5) is 13.5. The normalized spacial score (nSPS) is 17.6. The van der Waals surface area contributed by atoms with Crippen LogP contribution in [-0.2, 0) is 51.0 Å². The third-order valence-electron chi connectivity index (χ3n) is 10.4. The highest BCUT2D eigenvalue weighted by Crippen LogP contribution is 2.36. The minimum absolute atomic E-state index is 0.150. The van der Waals surface area contributed by atoms with Crippen molar-refractivity contribution in [2.45, 2.75) is 92.5 Å². The highest BCUT2D eigenvalue weighted by Gasteiger charge is 2.19. The summed E-state index contributed by atoms with van der Waals surface area (Å²) < 4.78 is 178. The third kappa shape index (κ3) is 11.1. The van der Waals surface area contributed by atoms with Gasteiger partial charge in [-0.25, -0.2) is 0 Å². The smallest absolute Gasteiger partial charge is 0.144 e. The van der Waals surface area contributed by atoms with Gasteiger partial charge in [0.05, 0.1) is 31.5 Å². The molecule has 5 heteroatoms. The molecule has 0 saturated heterocycles. The summed E-state index contributed by atoms with van der Waals surface area (Å²) in [6.07, 6.45) is -21.6. The fourth-order valence-electron chi connectivity index (χ4n) is 7.48. The molecule has 0 fully saturated rings. The number of aryl methyl sites for hydroxylation is 6.